The molecule has 4 rings (SSSR count). The fraction of sp³-hybridized carbons (Fsp3) is 0.240. The Bertz CT molecular complexity index is 1430. The maximum absolute atomic E-state index is 13.0. The molecule has 2 aromatic carbocycles. The largest absolute Gasteiger partial charge is 0.497 e. The van der Waals surface area contributed by atoms with Gasteiger partial charge < -0.3 is 24.7 Å². The summed E-state index contributed by atoms with van der Waals surface area (Å²) in [4.78, 5) is 29.1. The highest BCUT2D eigenvalue weighted by Crippen LogP contribution is 2.31. The number of hydrogen-bond acceptors (Lipinski definition) is 8. The molecule has 0 spiro atoms. The van der Waals surface area contributed by atoms with Crippen LogP contribution in [0.3, 0.4) is 0 Å². The van der Waals surface area contributed by atoms with Gasteiger partial charge in [-0.1, -0.05) is 6.07 Å². The number of halogens is 3. The van der Waals surface area contributed by atoms with Crippen LogP contribution in [-0.2, 0) is 14.8 Å². The number of nitrogens with one attached hydrogen (secondary N) is 1. The van der Waals surface area contributed by atoms with Crippen LogP contribution >= 0.6 is 0 Å². The molecule has 0 saturated carbocycles. The van der Waals surface area contributed by atoms with E-state index in [0.29, 0.717) is 37.6 Å². The van der Waals surface area contributed by atoms with E-state index < -0.39 is 28.1 Å². The second kappa shape index (κ2) is 12.5. The molecule has 2 heterocycles. The van der Waals surface area contributed by atoms with Gasteiger partial charge in [-0.3, -0.25) is 4.72 Å². The van der Waals surface area contributed by atoms with Gasteiger partial charge in [0.2, 0.25) is 0 Å². The molecule has 1 aliphatic heterocycles. The Hall–Kier alpha value is -4.53. The Morgan fingerprint density at radius 1 is 0.950 bits per heavy atom. The number of anilines is 3. The summed E-state index contributed by atoms with van der Waals surface area (Å²) >= 11 is 0. The minimum Gasteiger partial charge on any atom is -0.497 e. The van der Waals surface area contributed by atoms with Crippen LogP contribution in [0.15, 0.2) is 71.8 Å². The number of aliphatic carboxylic acids is 1. The maximum Gasteiger partial charge on any atom is 0.490 e. The summed E-state index contributed by atoms with van der Waals surface area (Å²) in [6.45, 7) is 2.64. The number of alkyl halides is 3. The van der Waals surface area contributed by atoms with E-state index in [-0.39, 0.29) is 16.1 Å². The van der Waals surface area contributed by atoms with Crippen LogP contribution in [0.25, 0.3) is 0 Å². The molecule has 3 aromatic rings. The van der Waals surface area contributed by atoms with Crippen molar-refractivity contribution < 1.29 is 46.1 Å². The molecule has 0 atom stereocenters. The predicted octanol–water partition coefficient (Wildman–Crippen LogP) is 3.55. The summed E-state index contributed by atoms with van der Waals surface area (Å²) in [5.41, 5.74) is 0.841. The van der Waals surface area contributed by atoms with Crippen LogP contribution in [0.2, 0.25) is 0 Å². The molecule has 0 aliphatic carbocycles. The molecule has 3 N–H and O–H groups in total. The van der Waals surface area contributed by atoms with Gasteiger partial charge in [0.25, 0.3) is 10.0 Å². The molecule has 15 heteroatoms. The topological polar surface area (TPSA) is 149 Å². The van der Waals surface area contributed by atoms with Crippen molar-refractivity contribution >= 4 is 39.2 Å². The molecule has 40 heavy (non-hydrogen) atoms. The summed E-state index contributed by atoms with van der Waals surface area (Å²) < 4.78 is 65.4. The van der Waals surface area contributed by atoms with Gasteiger partial charge >= 0.3 is 18.1 Å². The number of methoxy groups -OCH3 is 1. The first kappa shape index (κ1) is 30.0. The third-order valence-electron chi connectivity index (χ3n) is 5.69. The average molecular weight is 583 g/mol. The predicted molar refractivity (Wildman–Crippen MR) is 140 cm³/mol. The van der Waals surface area contributed by atoms with E-state index in [2.05, 4.69) is 14.6 Å². The Kier molecular flexibility index (Phi) is 9.42. The highest BCUT2D eigenvalue weighted by atomic mass is 32.2. The van der Waals surface area contributed by atoms with Crippen molar-refractivity contribution in [2.24, 2.45) is 0 Å². The molecule has 0 amide bonds. The van der Waals surface area contributed by atoms with Crippen LogP contribution in [-0.4, -0.2) is 75.0 Å². The number of carboxylic acids is 2. The minimum absolute atomic E-state index is 0.00157. The number of rotatable bonds is 7. The zero-order valence-corrected chi connectivity index (χ0v) is 21.8. The van der Waals surface area contributed by atoms with Crippen molar-refractivity contribution in [1.82, 2.24) is 4.98 Å². The number of sulfonamides is 1. The number of aromatic nitrogens is 1. The molecule has 0 unspecified atom stereocenters. The van der Waals surface area contributed by atoms with E-state index in [0.717, 1.165) is 5.82 Å². The molecule has 214 valence electrons. The van der Waals surface area contributed by atoms with Crippen LogP contribution in [0.5, 0.6) is 5.75 Å². The summed E-state index contributed by atoms with van der Waals surface area (Å²) in [5, 5.41) is 16.6. The van der Waals surface area contributed by atoms with Gasteiger partial charge in [0.1, 0.15) is 11.6 Å². The Morgan fingerprint density at radius 3 is 2.05 bits per heavy atom. The molecular formula is C25H25F3N4O7S. The Labute approximate surface area is 227 Å². The molecule has 1 fully saturated rings. The number of piperazine rings is 1. The van der Waals surface area contributed by atoms with Crippen molar-refractivity contribution in [1.29, 1.82) is 0 Å². The first-order chi connectivity index (χ1) is 18.8. The molecule has 0 bridgehead atoms. The van der Waals surface area contributed by atoms with Crippen molar-refractivity contribution in [3.63, 3.8) is 0 Å². The number of benzene rings is 2. The first-order valence-electron chi connectivity index (χ1n) is 11.6. The summed E-state index contributed by atoms with van der Waals surface area (Å²) in [6.07, 6.45) is -3.33. The first-order valence-corrected chi connectivity index (χ1v) is 13.1. The number of pyridine rings is 1. The molecular weight excluding hydrogens is 557 g/mol. The van der Waals surface area contributed by atoms with E-state index in [4.69, 9.17) is 14.6 Å². The van der Waals surface area contributed by atoms with Gasteiger partial charge in [-0.15, -0.1) is 0 Å². The fourth-order valence-electron chi connectivity index (χ4n) is 3.70. The number of aromatic carboxylic acids is 1. The molecule has 0 radical (unpaired) electrons. The van der Waals surface area contributed by atoms with Crippen LogP contribution in [0.1, 0.15) is 10.4 Å². The van der Waals surface area contributed by atoms with Gasteiger partial charge in [-0.2, -0.15) is 13.2 Å². The third-order valence-corrected chi connectivity index (χ3v) is 7.08. The lowest BCUT2D eigenvalue weighted by Crippen LogP contribution is -2.47. The van der Waals surface area contributed by atoms with E-state index in [1.54, 1.807) is 24.4 Å². The summed E-state index contributed by atoms with van der Waals surface area (Å²) in [7, 11) is -2.44. The van der Waals surface area contributed by atoms with Gasteiger partial charge in [0.05, 0.1) is 28.9 Å². The molecule has 1 aromatic heterocycles. The normalized spacial score (nSPS) is 13.6. The Morgan fingerprint density at radius 2 is 1.55 bits per heavy atom. The maximum atomic E-state index is 13.0. The smallest absolute Gasteiger partial charge is 0.490 e. The average Bonchev–Trinajstić information content (AvgIpc) is 2.93. The summed E-state index contributed by atoms with van der Waals surface area (Å²) in [5.74, 6) is -2.47. The van der Waals surface area contributed by atoms with Crippen molar-refractivity contribution in [3.8, 4) is 5.75 Å². The molecule has 11 nitrogen and oxygen atoms in total. The van der Waals surface area contributed by atoms with Gasteiger partial charge in [-0.05, 0) is 54.6 Å². The van der Waals surface area contributed by atoms with E-state index in [9.17, 15) is 31.5 Å². The lowest BCUT2D eigenvalue weighted by atomic mass is 10.1. The zero-order valence-electron chi connectivity index (χ0n) is 21.0. The third kappa shape index (κ3) is 7.75. The fourth-order valence-corrected chi connectivity index (χ4v) is 4.77. The highest BCUT2D eigenvalue weighted by Gasteiger charge is 2.38. The number of nitrogens with zero attached hydrogens (tertiary/aromatic N) is 3. The second-order valence-electron chi connectivity index (χ2n) is 8.28. The van der Waals surface area contributed by atoms with Gasteiger partial charge in [-0.25, -0.2) is 23.0 Å². The monoisotopic (exact) mass is 582 g/mol. The van der Waals surface area contributed by atoms with E-state index >= 15 is 0 Å². The zero-order chi connectivity index (χ0) is 29.5. The molecule has 1 aliphatic rings. The second-order valence-corrected chi connectivity index (χ2v) is 9.97. The number of ether oxygens (including phenoxy) is 1. The number of hydrogen-bond donors (Lipinski definition) is 3. The summed E-state index contributed by atoms with van der Waals surface area (Å²) in [6, 6.07) is 16.2. The Balaban J connectivity index is 0.000000559. The lowest BCUT2D eigenvalue weighted by molar-refractivity contribution is -0.192. The van der Waals surface area contributed by atoms with E-state index in [1.165, 1.54) is 31.4 Å². The lowest BCUT2D eigenvalue weighted by Gasteiger charge is -2.37. The quantitative estimate of drug-likeness (QED) is 0.378. The number of carbonyl (C=O) groups is 2. The number of carboxylic acid groups (broad SMARTS) is 2. The van der Waals surface area contributed by atoms with Gasteiger partial charge in [0, 0.05) is 32.4 Å². The van der Waals surface area contributed by atoms with Crippen LogP contribution in [0.4, 0.5) is 30.4 Å². The van der Waals surface area contributed by atoms with E-state index in [1.807, 2.05) is 23.1 Å². The van der Waals surface area contributed by atoms with Crippen molar-refractivity contribution in [2.75, 3.05) is 47.8 Å². The van der Waals surface area contributed by atoms with Crippen LogP contribution < -0.4 is 19.3 Å². The van der Waals surface area contributed by atoms with Gasteiger partial charge in [0.15, 0.2) is 0 Å². The highest BCUT2D eigenvalue weighted by molar-refractivity contribution is 7.92. The standard InChI is InChI=1S/C23H24N4O5S.C2HF3O2/c1-32-18-6-8-19(9-7-18)33(30,31)25-20-16-17(23(28)29)5-10-21(20)26-12-14-27(15-13-26)22-4-2-3-11-24-22;3-2(4,5)1(6)7/h2-11,16,25H,12-15H2,1H3,(H,28,29);(H,6,7). The minimum atomic E-state index is -5.08. The molecule has 1 saturated heterocycles. The SMILES string of the molecule is COc1ccc(S(=O)(=O)Nc2cc(C(=O)O)ccc2N2CCN(c3ccccn3)CC2)cc1.O=C(O)C(F)(F)F. The van der Waals surface area contributed by atoms with Crippen LogP contribution in [0, 0.1) is 0 Å². The van der Waals surface area contributed by atoms with Crippen molar-refractivity contribution in [2.45, 2.75) is 11.1 Å². The van der Waals surface area contributed by atoms with Crippen molar-refractivity contribution in [3.05, 3.63) is 72.4 Å².